The first-order valence-corrected chi connectivity index (χ1v) is 6.92. The van der Waals surface area contributed by atoms with Gasteiger partial charge < -0.3 is 15.2 Å². The molecule has 0 heterocycles. The maximum absolute atomic E-state index is 7.44. The quantitative estimate of drug-likeness (QED) is 0.431. The Morgan fingerprint density at radius 2 is 2.17 bits per heavy atom. The number of nitrogens with two attached hydrogens (primary N) is 1. The second-order valence-corrected chi connectivity index (χ2v) is 4.95. The highest BCUT2D eigenvalue weighted by Crippen LogP contribution is 2.22. The van der Waals surface area contributed by atoms with Crippen LogP contribution in [-0.2, 0) is 10.5 Å². The van der Waals surface area contributed by atoms with Crippen molar-refractivity contribution >= 4 is 17.6 Å². The maximum atomic E-state index is 7.44. The zero-order valence-corrected chi connectivity index (χ0v) is 11.7. The van der Waals surface area contributed by atoms with E-state index in [2.05, 4.69) is 0 Å². The first kappa shape index (κ1) is 14.9. The van der Waals surface area contributed by atoms with E-state index in [1.54, 1.807) is 14.2 Å². The van der Waals surface area contributed by atoms with Gasteiger partial charge in [-0.2, -0.15) is 11.8 Å². The molecule has 0 aliphatic carbocycles. The molecule has 0 saturated carbocycles. The van der Waals surface area contributed by atoms with Gasteiger partial charge in [-0.05, 0) is 29.9 Å². The van der Waals surface area contributed by atoms with E-state index >= 15 is 0 Å². The third-order valence-electron chi connectivity index (χ3n) is 2.46. The number of hydrogen-bond donors (Lipinski definition) is 2. The normalized spacial score (nSPS) is 10.3. The molecular formula is C13H20N2O2S. The van der Waals surface area contributed by atoms with E-state index < -0.39 is 0 Å². The van der Waals surface area contributed by atoms with Crippen LogP contribution in [0.15, 0.2) is 18.2 Å². The van der Waals surface area contributed by atoms with Crippen LogP contribution in [0.1, 0.15) is 17.5 Å². The topological polar surface area (TPSA) is 68.3 Å². The van der Waals surface area contributed by atoms with Gasteiger partial charge in [-0.15, -0.1) is 0 Å². The lowest BCUT2D eigenvalue weighted by molar-refractivity contribution is 0.200. The highest BCUT2D eigenvalue weighted by Gasteiger charge is 2.06. The minimum atomic E-state index is 0.0335. The van der Waals surface area contributed by atoms with Crippen LogP contribution in [0.5, 0.6) is 5.75 Å². The van der Waals surface area contributed by atoms with Crippen molar-refractivity contribution in [2.75, 3.05) is 26.6 Å². The van der Waals surface area contributed by atoms with Crippen molar-refractivity contribution in [3.05, 3.63) is 29.3 Å². The zero-order valence-electron chi connectivity index (χ0n) is 10.9. The van der Waals surface area contributed by atoms with Crippen LogP contribution in [0.3, 0.4) is 0 Å². The van der Waals surface area contributed by atoms with Crippen LogP contribution in [0, 0.1) is 5.41 Å². The summed E-state index contributed by atoms with van der Waals surface area (Å²) in [4.78, 5) is 0. The van der Waals surface area contributed by atoms with Crippen LogP contribution in [0.4, 0.5) is 0 Å². The van der Waals surface area contributed by atoms with Crippen molar-refractivity contribution in [2.24, 2.45) is 5.73 Å². The summed E-state index contributed by atoms with van der Waals surface area (Å²) in [6, 6.07) is 5.77. The predicted octanol–water partition coefficient (Wildman–Crippen LogP) is 2.25. The zero-order chi connectivity index (χ0) is 13.4. The number of amidine groups is 1. The molecule has 4 nitrogen and oxygen atoms in total. The average molecular weight is 268 g/mol. The number of ether oxygens (including phenoxy) is 2. The molecule has 0 aliphatic heterocycles. The summed E-state index contributed by atoms with van der Waals surface area (Å²) < 4.78 is 10.2. The number of rotatable bonds is 8. The molecule has 100 valence electrons. The molecule has 0 bridgehead atoms. The van der Waals surface area contributed by atoms with Crippen LogP contribution >= 0.6 is 11.8 Å². The summed E-state index contributed by atoms with van der Waals surface area (Å²) in [5, 5.41) is 7.44. The number of hydrogen-bond acceptors (Lipinski definition) is 4. The van der Waals surface area contributed by atoms with E-state index in [9.17, 15) is 0 Å². The van der Waals surface area contributed by atoms with Crippen molar-refractivity contribution in [3.63, 3.8) is 0 Å². The number of nitrogen functional groups attached to an aromatic ring is 1. The smallest absolute Gasteiger partial charge is 0.130 e. The summed E-state index contributed by atoms with van der Waals surface area (Å²) in [5.74, 6) is 2.70. The van der Waals surface area contributed by atoms with Crippen molar-refractivity contribution in [1.29, 1.82) is 5.41 Å². The highest BCUT2D eigenvalue weighted by molar-refractivity contribution is 7.98. The Balaban J connectivity index is 2.54. The molecule has 0 spiro atoms. The van der Waals surface area contributed by atoms with E-state index in [0.717, 1.165) is 24.5 Å². The molecule has 0 fully saturated rings. The fraction of sp³-hybridized carbons (Fsp3) is 0.462. The third kappa shape index (κ3) is 4.58. The lowest BCUT2D eigenvalue weighted by Gasteiger charge is -2.09. The molecule has 0 amide bonds. The molecule has 0 aromatic heterocycles. The molecule has 0 unspecified atom stereocenters. The minimum absolute atomic E-state index is 0.0335. The summed E-state index contributed by atoms with van der Waals surface area (Å²) >= 11 is 1.86. The van der Waals surface area contributed by atoms with Gasteiger partial charge in [0, 0.05) is 19.5 Å². The number of nitrogens with one attached hydrogen (secondary N) is 1. The molecule has 3 N–H and O–H groups in total. The molecule has 0 radical (unpaired) electrons. The van der Waals surface area contributed by atoms with Gasteiger partial charge in [-0.3, -0.25) is 5.41 Å². The Bertz CT molecular complexity index is 397. The summed E-state index contributed by atoms with van der Waals surface area (Å²) in [6.07, 6.45) is 1.06. The molecule has 5 heteroatoms. The van der Waals surface area contributed by atoms with Crippen molar-refractivity contribution in [1.82, 2.24) is 0 Å². The predicted molar refractivity (Wildman–Crippen MR) is 76.7 cm³/mol. The largest absolute Gasteiger partial charge is 0.496 e. The van der Waals surface area contributed by atoms with Crippen molar-refractivity contribution in [2.45, 2.75) is 12.2 Å². The third-order valence-corrected chi connectivity index (χ3v) is 3.58. The number of thioether (sulfide) groups is 1. The molecular weight excluding hydrogens is 248 g/mol. The monoisotopic (exact) mass is 268 g/mol. The van der Waals surface area contributed by atoms with Gasteiger partial charge in [0.05, 0.1) is 12.7 Å². The SMILES string of the molecule is COCCCSCc1ccc(C(=N)N)c(OC)c1. The molecule has 1 aromatic rings. The average Bonchev–Trinajstić information content (AvgIpc) is 2.38. The first-order valence-electron chi connectivity index (χ1n) is 5.77. The first-order chi connectivity index (χ1) is 8.69. The second kappa shape index (κ2) is 8.00. The molecule has 1 aromatic carbocycles. The molecule has 18 heavy (non-hydrogen) atoms. The summed E-state index contributed by atoms with van der Waals surface area (Å²) in [6.45, 7) is 0.805. The fourth-order valence-electron chi connectivity index (χ4n) is 1.54. The number of methoxy groups -OCH3 is 2. The molecule has 1 rings (SSSR count). The van der Waals surface area contributed by atoms with E-state index in [-0.39, 0.29) is 5.84 Å². The Hall–Kier alpha value is -1.20. The van der Waals surface area contributed by atoms with Gasteiger partial charge in [0.15, 0.2) is 0 Å². The van der Waals surface area contributed by atoms with Crippen molar-refractivity contribution < 1.29 is 9.47 Å². The lowest BCUT2D eigenvalue weighted by atomic mass is 10.1. The van der Waals surface area contributed by atoms with Gasteiger partial charge in [0.25, 0.3) is 0 Å². The van der Waals surface area contributed by atoms with Gasteiger partial charge >= 0.3 is 0 Å². The lowest BCUT2D eigenvalue weighted by Crippen LogP contribution is -2.12. The summed E-state index contributed by atoms with van der Waals surface area (Å²) in [5.41, 5.74) is 7.30. The Kier molecular flexibility index (Phi) is 6.60. The van der Waals surface area contributed by atoms with E-state index in [4.69, 9.17) is 20.6 Å². The molecule has 0 saturated heterocycles. The van der Waals surface area contributed by atoms with Gasteiger partial charge in [-0.25, -0.2) is 0 Å². The number of benzene rings is 1. The fourth-order valence-corrected chi connectivity index (χ4v) is 2.42. The molecule has 0 atom stereocenters. The van der Waals surface area contributed by atoms with Crippen LogP contribution < -0.4 is 10.5 Å². The second-order valence-electron chi connectivity index (χ2n) is 3.85. The Labute approximate surface area is 112 Å². The van der Waals surface area contributed by atoms with Crippen molar-refractivity contribution in [3.8, 4) is 5.75 Å². The van der Waals surface area contributed by atoms with E-state index in [1.165, 1.54) is 5.56 Å². The van der Waals surface area contributed by atoms with E-state index in [0.29, 0.717) is 11.3 Å². The maximum Gasteiger partial charge on any atom is 0.130 e. The van der Waals surface area contributed by atoms with Crippen LogP contribution in [0.2, 0.25) is 0 Å². The van der Waals surface area contributed by atoms with Crippen LogP contribution in [0.25, 0.3) is 0 Å². The standard InChI is InChI=1S/C13H20N2O2S/c1-16-6-3-7-18-9-10-4-5-11(13(14)15)12(8-10)17-2/h4-5,8H,3,6-7,9H2,1-2H3,(H3,14,15). The van der Waals surface area contributed by atoms with E-state index in [1.807, 2.05) is 30.0 Å². The Morgan fingerprint density at radius 1 is 1.39 bits per heavy atom. The minimum Gasteiger partial charge on any atom is -0.496 e. The summed E-state index contributed by atoms with van der Waals surface area (Å²) in [7, 11) is 3.31. The van der Waals surface area contributed by atoms with Crippen LogP contribution in [-0.4, -0.2) is 32.4 Å². The van der Waals surface area contributed by atoms with Gasteiger partial charge in [-0.1, -0.05) is 6.07 Å². The van der Waals surface area contributed by atoms with Gasteiger partial charge in [0.2, 0.25) is 0 Å². The van der Waals surface area contributed by atoms with Gasteiger partial charge in [0.1, 0.15) is 11.6 Å². The molecule has 0 aliphatic rings. The highest BCUT2D eigenvalue weighted by atomic mass is 32.2. The Morgan fingerprint density at radius 3 is 2.78 bits per heavy atom.